The van der Waals surface area contributed by atoms with E-state index in [0.29, 0.717) is 13.2 Å². The van der Waals surface area contributed by atoms with Crippen molar-refractivity contribution >= 4 is 11.8 Å². The highest BCUT2D eigenvalue weighted by Gasteiger charge is 2.26. The van der Waals surface area contributed by atoms with E-state index >= 15 is 0 Å². The van der Waals surface area contributed by atoms with Crippen LogP contribution in [0.4, 0.5) is 10.5 Å². The Hall–Kier alpha value is -2.37. The van der Waals surface area contributed by atoms with Gasteiger partial charge in [0.1, 0.15) is 6.61 Å². The third-order valence-electron chi connectivity index (χ3n) is 2.81. The van der Waals surface area contributed by atoms with Crippen molar-refractivity contribution in [3.63, 3.8) is 0 Å². The van der Waals surface area contributed by atoms with Gasteiger partial charge < -0.3 is 4.74 Å². The molecule has 1 saturated heterocycles. The van der Waals surface area contributed by atoms with Gasteiger partial charge in [0.05, 0.1) is 24.1 Å². The molecule has 0 aliphatic carbocycles. The summed E-state index contributed by atoms with van der Waals surface area (Å²) in [4.78, 5) is 17.3. The summed E-state index contributed by atoms with van der Waals surface area (Å²) in [7, 11) is 0. The highest BCUT2D eigenvalue weighted by Crippen LogP contribution is 2.23. The van der Waals surface area contributed by atoms with Crippen LogP contribution in [0.5, 0.6) is 0 Å². The molecule has 18 heavy (non-hydrogen) atoms. The molecule has 1 aliphatic heterocycles. The van der Waals surface area contributed by atoms with E-state index in [2.05, 4.69) is 10.1 Å². The van der Waals surface area contributed by atoms with Crippen LogP contribution in [0.2, 0.25) is 0 Å². The highest BCUT2D eigenvalue weighted by atomic mass is 16.6. The molecule has 0 aromatic carbocycles. The largest absolute Gasteiger partial charge is 0.447 e. The average Bonchev–Trinajstić information content (AvgIpc) is 2.96. The first-order valence-electron chi connectivity index (χ1n) is 5.67. The fraction of sp³-hybridized carbons (Fsp3) is 0.250. The normalized spacial score (nSPS) is 14.9. The van der Waals surface area contributed by atoms with Crippen LogP contribution in [0.15, 0.2) is 30.6 Å². The second-order valence-corrected chi connectivity index (χ2v) is 4.00. The molecule has 0 saturated carbocycles. The van der Waals surface area contributed by atoms with E-state index < -0.39 is 0 Å². The molecule has 1 amide bonds. The second-order valence-electron chi connectivity index (χ2n) is 4.00. The fourth-order valence-corrected chi connectivity index (χ4v) is 1.93. The van der Waals surface area contributed by atoms with Gasteiger partial charge in [0, 0.05) is 6.20 Å². The zero-order chi connectivity index (χ0) is 12.5. The van der Waals surface area contributed by atoms with Crippen molar-refractivity contribution in [3.05, 3.63) is 36.3 Å². The maximum absolute atomic E-state index is 11.5. The van der Waals surface area contributed by atoms with Crippen LogP contribution in [-0.2, 0) is 4.74 Å². The molecule has 0 radical (unpaired) electrons. The Morgan fingerprint density at radius 1 is 1.39 bits per heavy atom. The molecule has 3 heterocycles. The summed E-state index contributed by atoms with van der Waals surface area (Å²) in [5.41, 5.74) is 1.54. The van der Waals surface area contributed by atoms with Gasteiger partial charge in [-0.2, -0.15) is 5.10 Å². The fourth-order valence-electron chi connectivity index (χ4n) is 1.93. The summed E-state index contributed by atoms with van der Waals surface area (Å²) in [5.74, 6) is 0.722. The van der Waals surface area contributed by atoms with Crippen molar-refractivity contribution in [2.24, 2.45) is 0 Å². The van der Waals surface area contributed by atoms with Gasteiger partial charge in [-0.15, -0.1) is 0 Å². The molecule has 1 aliphatic rings. The summed E-state index contributed by atoms with van der Waals surface area (Å²) in [5, 5.41) is 4.36. The Labute approximate surface area is 104 Å². The number of aromatic nitrogens is 3. The zero-order valence-electron chi connectivity index (χ0n) is 9.91. The number of aryl methyl sites for hydroxylation is 1. The molecule has 2 aromatic heterocycles. The van der Waals surface area contributed by atoms with Crippen molar-refractivity contribution in [1.82, 2.24) is 14.8 Å². The van der Waals surface area contributed by atoms with Crippen molar-refractivity contribution in [1.29, 1.82) is 0 Å². The minimum Gasteiger partial charge on any atom is -0.447 e. The smallest absolute Gasteiger partial charge is 0.414 e. The van der Waals surface area contributed by atoms with Gasteiger partial charge in [-0.3, -0.25) is 4.90 Å². The van der Waals surface area contributed by atoms with Gasteiger partial charge in [0.15, 0.2) is 5.82 Å². The molecule has 92 valence electrons. The van der Waals surface area contributed by atoms with E-state index in [9.17, 15) is 4.79 Å². The van der Waals surface area contributed by atoms with E-state index in [4.69, 9.17) is 4.74 Å². The number of ether oxygens (including phenoxy) is 1. The summed E-state index contributed by atoms with van der Waals surface area (Å²) in [6.45, 7) is 2.85. The number of nitrogens with zero attached hydrogens (tertiary/aromatic N) is 4. The van der Waals surface area contributed by atoms with Gasteiger partial charge in [-0.05, 0) is 19.1 Å². The van der Waals surface area contributed by atoms with E-state index in [1.165, 1.54) is 0 Å². The van der Waals surface area contributed by atoms with Crippen LogP contribution in [-0.4, -0.2) is 34.0 Å². The number of pyridine rings is 1. The first kappa shape index (κ1) is 10.8. The maximum Gasteiger partial charge on any atom is 0.414 e. The average molecular weight is 244 g/mol. The molecule has 0 unspecified atom stereocenters. The van der Waals surface area contributed by atoms with Crippen LogP contribution in [0, 0.1) is 6.92 Å². The van der Waals surface area contributed by atoms with Crippen molar-refractivity contribution < 1.29 is 9.53 Å². The van der Waals surface area contributed by atoms with Crippen LogP contribution < -0.4 is 4.90 Å². The minimum absolute atomic E-state index is 0.321. The molecule has 1 fully saturated rings. The lowest BCUT2D eigenvalue weighted by Crippen LogP contribution is -2.23. The molecule has 6 heteroatoms. The van der Waals surface area contributed by atoms with Crippen molar-refractivity contribution in [3.8, 4) is 5.82 Å². The van der Waals surface area contributed by atoms with Crippen molar-refractivity contribution in [2.75, 3.05) is 18.1 Å². The molecular formula is C12H12N4O2. The lowest BCUT2D eigenvalue weighted by Gasteiger charge is -2.09. The molecular weight excluding hydrogens is 232 g/mol. The standard InChI is InChI=1S/C12H12N4O2/c1-9-10(15-6-7-18-12(15)17)8-16(14-9)11-4-2-3-5-13-11/h2-5,8H,6-7H2,1H3. The van der Waals surface area contributed by atoms with Crippen LogP contribution >= 0.6 is 0 Å². The van der Waals surface area contributed by atoms with Crippen molar-refractivity contribution in [2.45, 2.75) is 6.92 Å². The number of hydrogen-bond donors (Lipinski definition) is 0. The first-order chi connectivity index (χ1) is 8.75. The first-order valence-corrected chi connectivity index (χ1v) is 5.67. The molecule has 0 atom stereocenters. The Morgan fingerprint density at radius 2 is 2.28 bits per heavy atom. The number of cyclic esters (lactones) is 1. The van der Waals surface area contributed by atoms with E-state index in [0.717, 1.165) is 17.2 Å². The summed E-state index contributed by atoms with van der Waals surface area (Å²) < 4.78 is 6.59. The lowest BCUT2D eigenvalue weighted by atomic mass is 10.3. The van der Waals surface area contributed by atoms with E-state index in [1.807, 2.05) is 25.1 Å². The van der Waals surface area contributed by atoms with E-state index in [1.54, 1.807) is 22.0 Å². The number of carbonyl (C=O) groups excluding carboxylic acids is 1. The lowest BCUT2D eigenvalue weighted by molar-refractivity contribution is 0.181. The molecule has 3 rings (SSSR count). The van der Waals surface area contributed by atoms with Gasteiger partial charge >= 0.3 is 6.09 Å². The van der Waals surface area contributed by atoms with Gasteiger partial charge in [-0.25, -0.2) is 14.5 Å². The van der Waals surface area contributed by atoms with Gasteiger partial charge in [0.25, 0.3) is 0 Å². The monoisotopic (exact) mass is 244 g/mol. The maximum atomic E-state index is 11.5. The Balaban J connectivity index is 1.99. The Morgan fingerprint density at radius 3 is 2.94 bits per heavy atom. The third kappa shape index (κ3) is 1.71. The van der Waals surface area contributed by atoms with Gasteiger partial charge in [0.2, 0.25) is 0 Å². The second kappa shape index (κ2) is 4.14. The SMILES string of the molecule is Cc1nn(-c2ccccn2)cc1N1CCOC1=O. The third-order valence-corrected chi connectivity index (χ3v) is 2.81. The topological polar surface area (TPSA) is 60.3 Å². The van der Waals surface area contributed by atoms with Crippen LogP contribution in [0.3, 0.4) is 0 Å². The number of amides is 1. The Kier molecular flexibility index (Phi) is 2.47. The summed E-state index contributed by atoms with van der Waals surface area (Å²) >= 11 is 0. The highest BCUT2D eigenvalue weighted by molar-refractivity contribution is 5.89. The summed E-state index contributed by atoms with van der Waals surface area (Å²) in [6, 6.07) is 5.60. The summed E-state index contributed by atoms with van der Waals surface area (Å²) in [6.07, 6.45) is 3.18. The quantitative estimate of drug-likeness (QED) is 0.803. The molecule has 0 N–H and O–H groups in total. The molecule has 0 bridgehead atoms. The predicted octanol–water partition coefficient (Wildman–Crippen LogP) is 1.53. The minimum atomic E-state index is -0.321. The number of hydrogen-bond acceptors (Lipinski definition) is 4. The van der Waals surface area contributed by atoms with E-state index in [-0.39, 0.29) is 6.09 Å². The Bertz CT molecular complexity index is 579. The van der Waals surface area contributed by atoms with Crippen LogP contribution in [0.1, 0.15) is 5.69 Å². The molecule has 6 nitrogen and oxygen atoms in total. The van der Waals surface area contributed by atoms with Gasteiger partial charge in [-0.1, -0.05) is 6.07 Å². The predicted molar refractivity (Wildman–Crippen MR) is 64.8 cm³/mol. The number of anilines is 1. The molecule has 0 spiro atoms. The number of rotatable bonds is 2. The van der Waals surface area contributed by atoms with Crippen LogP contribution in [0.25, 0.3) is 5.82 Å². The number of carbonyl (C=O) groups is 1. The molecule has 2 aromatic rings. The zero-order valence-corrected chi connectivity index (χ0v) is 9.91.